The van der Waals surface area contributed by atoms with Crippen LogP contribution in [0.5, 0.6) is 0 Å². The van der Waals surface area contributed by atoms with Crippen molar-refractivity contribution in [2.45, 2.75) is 13.0 Å². The van der Waals surface area contributed by atoms with Crippen LogP contribution in [0.2, 0.25) is 4.34 Å². The summed E-state index contributed by atoms with van der Waals surface area (Å²) < 4.78 is 0.854. The topological polar surface area (TPSA) is 38.0 Å². The van der Waals surface area contributed by atoms with Gasteiger partial charge in [-0.3, -0.25) is 0 Å². The third kappa shape index (κ3) is 3.73. The molecule has 0 unspecified atom stereocenters. The average Bonchev–Trinajstić information content (AvgIpc) is 2.73. The van der Waals surface area contributed by atoms with Crippen molar-refractivity contribution in [2.75, 3.05) is 12.3 Å². The number of benzene rings is 1. The number of para-hydroxylation sites is 1. The lowest BCUT2D eigenvalue weighted by Crippen LogP contribution is -2.17. The number of halogens is 1. The van der Waals surface area contributed by atoms with Crippen molar-refractivity contribution in [3.63, 3.8) is 0 Å². The molecule has 2 aromatic rings. The van der Waals surface area contributed by atoms with E-state index < -0.39 is 0 Å². The van der Waals surface area contributed by atoms with Gasteiger partial charge in [0.2, 0.25) is 0 Å². The number of nitrogens with one attached hydrogen (secondary N) is 1. The second kappa shape index (κ2) is 6.05. The zero-order valence-corrected chi connectivity index (χ0v) is 11.0. The molecule has 0 aliphatic carbocycles. The Morgan fingerprint density at radius 1 is 1.18 bits per heavy atom. The number of hydrogen-bond acceptors (Lipinski definition) is 3. The van der Waals surface area contributed by atoms with E-state index in [0.29, 0.717) is 0 Å². The normalized spacial score (nSPS) is 10.6. The molecule has 3 N–H and O–H groups in total. The Labute approximate surface area is 110 Å². The molecule has 1 heterocycles. The number of nitrogen functional groups attached to an aromatic ring is 1. The van der Waals surface area contributed by atoms with Crippen molar-refractivity contribution in [1.29, 1.82) is 0 Å². The second-order valence-electron chi connectivity index (χ2n) is 3.83. The van der Waals surface area contributed by atoms with Crippen molar-refractivity contribution in [3.05, 3.63) is 51.2 Å². The maximum absolute atomic E-state index is 5.87. The van der Waals surface area contributed by atoms with Crippen molar-refractivity contribution in [2.24, 2.45) is 0 Å². The summed E-state index contributed by atoms with van der Waals surface area (Å²) in [7, 11) is 0. The SMILES string of the molecule is Nc1ccccc1CNCCc1ccc(Cl)s1. The summed E-state index contributed by atoms with van der Waals surface area (Å²) in [6.45, 7) is 1.75. The molecule has 1 aromatic carbocycles. The van der Waals surface area contributed by atoms with Crippen LogP contribution < -0.4 is 11.1 Å². The molecule has 2 nitrogen and oxygen atoms in total. The molecule has 0 saturated carbocycles. The van der Waals surface area contributed by atoms with Gasteiger partial charge in [-0.15, -0.1) is 11.3 Å². The zero-order valence-electron chi connectivity index (χ0n) is 9.45. The highest BCUT2D eigenvalue weighted by Gasteiger charge is 1.99. The van der Waals surface area contributed by atoms with E-state index in [0.717, 1.165) is 35.1 Å². The van der Waals surface area contributed by atoms with Gasteiger partial charge in [0.15, 0.2) is 0 Å². The van der Waals surface area contributed by atoms with Gasteiger partial charge in [0.1, 0.15) is 0 Å². The fraction of sp³-hybridized carbons (Fsp3) is 0.231. The molecule has 0 spiro atoms. The highest BCUT2D eigenvalue weighted by atomic mass is 35.5. The number of hydrogen-bond donors (Lipinski definition) is 2. The fourth-order valence-electron chi connectivity index (χ4n) is 1.62. The van der Waals surface area contributed by atoms with Gasteiger partial charge >= 0.3 is 0 Å². The summed E-state index contributed by atoms with van der Waals surface area (Å²) in [5, 5.41) is 3.38. The molecule has 0 radical (unpaired) electrons. The van der Waals surface area contributed by atoms with Crippen LogP contribution in [-0.4, -0.2) is 6.54 Å². The molecule has 0 amide bonds. The lowest BCUT2D eigenvalue weighted by Gasteiger charge is -2.06. The Balaban J connectivity index is 1.75. The molecule has 0 aliphatic rings. The first-order chi connectivity index (χ1) is 8.25. The summed E-state index contributed by atoms with van der Waals surface area (Å²) in [5.74, 6) is 0. The van der Waals surface area contributed by atoms with Gasteiger partial charge in [-0.1, -0.05) is 29.8 Å². The van der Waals surface area contributed by atoms with Gasteiger partial charge in [-0.25, -0.2) is 0 Å². The molecular weight excluding hydrogens is 252 g/mol. The number of thiophene rings is 1. The molecule has 0 fully saturated rings. The van der Waals surface area contributed by atoms with Crippen molar-refractivity contribution >= 4 is 28.6 Å². The van der Waals surface area contributed by atoms with Crippen molar-refractivity contribution in [1.82, 2.24) is 5.32 Å². The summed E-state index contributed by atoms with van der Waals surface area (Å²) in [4.78, 5) is 1.31. The smallest absolute Gasteiger partial charge is 0.0931 e. The van der Waals surface area contributed by atoms with E-state index in [1.807, 2.05) is 30.3 Å². The molecule has 4 heteroatoms. The Kier molecular flexibility index (Phi) is 4.42. The van der Waals surface area contributed by atoms with E-state index in [4.69, 9.17) is 17.3 Å². The first kappa shape index (κ1) is 12.4. The minimum Gasteiger partial charge on any atom is -0.398 e. The predicted octanol–water partition coefficient (Wildman–Crippen LogP) is 3.32. The minimum absolute atomic E-state index is 0.811. The molecule has 0 bridgehead atoms. The number of nitrogens with two attached hydrogens (primary N) is 1. The van der Waals surface area contributed by atoms with E-state index in [-0.39, 0.29) is 0 Å². The largest absolute Gasteiger partial charge is 0.398 e. The van der Waals surface area contributed by atoms with E-state index in [1.165, 1.54) is 4.88 Å². The van der Waals surface area contributed by atoms with Crippen molar-refractivity contribution in [3.8, 4) is 0 Å². The highest BCUT2D eigenvalue weighted by molar-refractivity contribution is 7.16. The number of rotatable bonds is 5. The predicted molar refractivity (Wildman–Crippen MR) is 75.6 cm³/mol. The monoisotopic (exact) mass is 266 g/mol. The fourth-order valence-corrected chi connectivity index (χ4v) is 2.70. The first-order valence-electron chi connectivity index (χ1n) is 5.54. The molecule has 0 saturated heterocycles. The van der Waals surface area contributed by atoms with Gasteiger partial charge < -0.3 is 11.1 Å². The third-order valence-electron chi connectivity index (χ3n) is 2.55. The molecule has 0 atom stereocenters. The summed E-state index contributed by atoms with van der Waals surface area (Å²) in [5.41, 5.74) is 7.86. The van der Waals surface area contributed by atoms with Crippen LogP contribution in [0.1, 0.15) is 10.4 Å². The molecule has 0 aliphatic heterocycles. The Morgan fingerprint density at radius 2 is 2.00 bits per heavy atom. The standard InChI is InChI=1S/C13H15ClN2S/c14-13-6-5-11(17-13)7-8-16-9-10-3-1-2-4-12(10)15/h1-6,16H,7-9,15H2. The summed E-state index contributed by atoms with van der Waals surface area (Å²) >= 11 is 7.51. The van der Waals surface area contributed by atoms with E-state index in [9.17, 15) is 0 Å². The van der Waals surface area contributed by atoms with Gasteiger partial charge in [0, 0.05) is 23.7 Å². The van der Waals surface area contributed by atoms with Gasteiger partial charge in [0.25, 0.3) is 0 Å². The first-order valence-corrected chi connectivity index (χ1v) is 6.73. The molecule has 2 rings (SSSR count). The van der Waals surface area contributed by atoms with E-state index in [2.05, 4.69) is 11.4 Å². The van der Waals surface area contributed by atoms with E-state index in [1.54, 1.807) is 11.3 Å². The zero-order chi connectivity index (χ0) is 12.1. The summed E-state index contributed by atoms with van der Waals surface area (Å²) in [6, 6.07) is 11.9. The Bertz CT molecular complexity index is 482. The third-order valence-corrected chi connectivity index (χ3v) is 3.84. The minimum atomic E-state index is 0.811. The van der Waals surface area contributed by atoms with Gasteiger partial charge in [0.05, 0.1) is 4.34 Å². The molecular formula is C13H15ClN2S. The Morgan fingerprint density at radius 3 is 2.71 bits per heavy atom. The lowest BCUT2D eigenvalue weighted by molar-refractivity contribution is 0.692. The van der Waals surface area contributed by atoms with Gasteiger partial charge in [-0.05, 0) is 30.2 Å². The highest BCUT2D eigenvalue weighted by Crippen LogP contribution is 2.21. The summed E-state index contributed by atoms with van der Waals surface area (Å²) in [6.07, 6.45) is 1.00. The van der Waals surface area contributed by atoms with Crippen LogP contribution in [0.25, 0.3) is 0 Å². The maximum Gasteiger partial charge on any atom is 0.0931 e. The van der Waals surface area contributed by atoms with Crippen LogP contribution >= 0.6 is 22.9 Å². The lowest BCUT2D eigenvalue weighted by atomic mass is 10.2. The quantitative estimate of drug-likeness (QED) is 0.644. The van der Waals surface area contributed by atoms with Crippen LogP contribution in [-0.2, 0) is 13.0 Å². The molecule has 90 valence electrons. The van der Waals surface area contributed by atoms with Crippen LogP contribution in [0.15, 0.2) is 36.4 Å². The van der Waals surface area contributed by atoms with Crippen LogP contribution in [0.3, 0.4) is 0 Å². The molecule has 17 heavy (non-hydrogen) atoms. The van der Waals surface area contributed by atoms with E-state index >= 15 is 0 Å². The Hall–Kier alpha value is -1.03. The van der Waals surface area contributed by atoms with Crippen molar-refractivity contribution < 1.29 is 0 Å². The van der Waals surface area contributed by atoms with Gasteiger partial charge in [-0.2, -0.15) is 0 Å². The second-order valence-corrected chi connectivity index (χ2v) is 5.63. The average molecular weight is 267 g/mol. The maximum atomic E-state index is 5.87. The van der Waals surface area contributed by atoms with Crippen LogP contribution in [0.4, 0.5) is 5.69 Å². The number of anilines is 1. The molecule has 1 aromatic heterocycles. The van der Waals surface area contributed by atoms with Crippen LogP contribution in [0, 0.1) is 0 Å².